The average Bonchev–Trinajstić information content (AvgIpc) is 2.70. The van der Waals surface area contributed by atoms with Crippen LogP contribution in [0, 0.1) is 5.92 Å². The molecule has 7 nitrogen and oxygen atoms in total. The highest BCUT2D eigenvalue weighted by Gasteiger charge is 2.26. The van der Waals surface area contributed by atoms with Crippen LogP contribution in [0.5, 0.6) is 0 Å². The largest absolute Gasteiger partial charge is 0.380 e. The third-order valence-corrected chi connectivity index (χ3v) is 4.81. The highest BCUT2D eigenvalue weighted by atomic mass is 16.5. The third kappa shape index (κ3) is 9.39. The molecule has 7 heteroatoms. The van der Waals surface area contributed by atoms with Crippen LogP contribution in [0.2, 0.25) is 0 Å². The number of benzene rings is 1. The maximum Gasteiger partial charge on any atom is 0.246 e. The predicted molar refractivity (Wildman–Crippen MR) is 119 cm³/mol. The molecule has 0 bridgehead atoms. The number of carbonyl (C=O) groups excluding carboxylic acids is 3. The van der Waals surface area contributed by atoms with Gasteiger partial charge in [0, 0.05) is 19.2 Å². The molecule has 0 saturated heterocycles. The van der Waals surface area contributed by atoms with E-state index in [1.165, 1.54) is 0 Å². The van der Waals surface area contributed by atoms with Crippen molar-refractivity contribution < 1.29 is 19.1 Å². The van der Waals surface area contributed by atoms with Gasteiger partial charge in [0.05, 0.1) is 6.61 Å². The Balaban J connectivity index is 2.56. The minimum atomic E-state index is -0.737. The van der Waals surface area contributed by atoms with Crippen LogP contribution < -0.4 is 16.0 Å². The summed E-state index contributed by atoms with van der Waals surface area (Å²) in [5.74, 6) is -0.900. The zero-order chi connectivity index (χ0) is 22.5. The van der Waals surface area contributed by atoms with Gasteiger partial charge in [0.2, 0.25) is 17.7 Å². The zero-order valence-corrected chi connectivity index (χ0v) is 18.9. The molecule has 0 unspecified atom stereocenters. The Hall–Kier alpha value is -2.41. The van der Waals surface area contributed by atoms with Crippen molar-refractivity contribution in [3.63, 3.8) is 0 Å². The second-order valence-electron chi connectivity index (χ2n) is 7.95. The lowest BCUT2D eigenvalue weighted by atomic mass is 10.0. The normalized spacial score (nSPS) is 12.9. The molecule has 0 aliphatic carbocycles. The van der Waals surface area contributed by atoms with Gasteiger partial charge in [0.1, 0.15) is 12.1 Å². The Kier molecular flexibility index (Phi) is 11.7. The third-order valence-electron chi connectivity index (χ3n) is 4.81. The van der Waals surface area contributed by atoms with Crippen molar-refractivity contribution in [1.29, 1.82) is 0 Å². The maximum atomic E-state index is 12.7. The molecule has 3 amide bonds. The van der Waals surface area contributed by atoms with E-state index >= 15 is 0 Å². The van der Waals surface area contributed by atoms with E-state index in [9.17, 15) is 14.4 Å². The van der Waals surface area contributed by atoms with Crippen LogP contribution in [0.3, 0.4) is 0 Å². The number of unbranched alkanes of at least 4 members (excludes halogenated alkanes) is 3. The Bertz CT molecular complexity index is 674. The number of carbonyl (C=O) groups is 3. The van der Waals surface area contributed by atoms with Gasteiger partial charge < -0.3 is 20.7 Å². The van der Waals surface area contributed by atoms with E-state index in [1.807, 2.05) is 26.0 Å². The smallest absolute Gasteiger partial charge is 0.246 e. The van der Waals surface area contributed by atoms with Crippen LogP contribution >= 0.6 is 0 Å². The highest BCUT2D eigenvalue weighted by molar-refractivity contribution is 5.98. The number of hydrogen-bond donors (Lipinski definition) is 3. The minimum absolute atomic E-state index is 0.0896. The van der Waals surface area contributed by atoms with E-state index in [0.717, 1.165) is 31.2 Å². The van der Waals surface area contributed by atoms with Crippen LogP contribution in [-0.4, -0.2) is 36.9 Å². The topological polar surface area (TPSA) is 96.5 Å². The fourth-order valence-electron chi connectivity index (χ4n) is 2.96. The second-order valence-corrected chi connectivity index (χ2v) is 7.95. The summed E-state index contributed by atoms with van der Waals surface area (Å²) in [4.78, 5) is 37.3. The first-order valence-electron chi connectivity index (χ1n) is 10.8. The summed E-state index contributed by atoms with van der Waals surface area (Å²) in [5, 5.41) is 8.30. The van der Waals surface area contributed by atoms with E-state index in [1.54, 1.807) is 26.2 Å². The molecule has 0 heterocycles. The monoisotopic (exact) mass is 419 g/mol. The first kappa shape index (κ1) is 25.6. The van der Waals surface area contributed by atoms with Crippen molar-refractivity contribution in [3.8, 4) is 0 Å². The van der Waals surface area contributed by atoms with Gasteiger partial charge in [-0.2, -0.15) is 0 Å². The summed E-state index contributed by atoms with van der Waals surface area (Å²) in [7, 11) is 1.62. The van der Waals surface area contributed by atoms with Gasteiger partial charge in [-0.05, 0) is 37.0 Å². The molecule has 168 valence electrons. The molecule has 0 spiro atoms. The molecular weight excluding hydrogens is 382 g/mol. The van der Waals surface area contributed by atoms with Gasteiger partial charge in [-0.1, -0.05) is 52.2 Å². The number of ether oxygens (including phenoxy) is 1. The lowest BCUT2D eigenvalue weighted by molar-refractivity contribution is -0.131. The quantitative estimate of drug-likeness (QED) is 0.427. The van der Waals surface area contributed by atoms with Crippen molar-refractivity contribution in [3.05, 3.63) is 29.8 Å². The SMILES string of the molecule is CCCCCCC(=O)N[C@H](C(=O)N[C@@H](C)C(=O)Nc1ccc(COC)cc1)C(C)C. The maximum absolute atomic E-state index is 12.7. The van der Waals surface area contributed by atoms with E-state index in [0.29, 0.717) is 18.7 Å². The lowest BCUT2D eigenvalue weighted by Gasteiger charge is -2.24. The van der Waals surface area contributed by atoms with E-state index in [4.69, 9.17) is 4.74 Å². The summed E-state index contributed by atoms with van der Waals surface area (Å²) in [6, 6.07) is 5.90. The van der Waals surface area contributed by atoms with Crippen LogP contribution in [0.1, 0.15) is 65.4 Å². The molecule has 3 N–H and O–H groups in total. The molecule has 1 aromatic rings. The summed E-state index contributed by atoms with van der Waals surface area (Å²) in [6.45, 7) is 7.98. The van der Waals surface area contributed by atoms with Gasteiger partial charge in [-0.15, -0.1) is 0 Å². The molecule has 0 aliphatic rings. The molecule has 0 saturated carbocycles. The molecule has 0 aliphatic heterocycles. The number of anilines is 1. The second kappa shape index (κ2) is 13.7. The Morgan fingerprint density at radius 1 is 0.933 bits per heavy atom. The van der Waals surface area contributed by atoms with Crippen molar-refractivity contribution >= 4 is 23.4 Å². The summed E-state index contributed by atoms with van der Waals surface area (Å²) >= 11 is 0. The molecule has 1 rings (SSSR count). The number of nitrogens with one attached hydrogen (secondary N) is 3. The summed E-state index contributed by atoms with van der Waals surface area (Å²) in [6.07, 6.45) is 4.44. The van der Waals surface area contributed by atoms with Crippen molar-refractivity contribution in [2.24, 2.45) is 5.92 Å². The van der Waals surface area contributed by atoms with Gasteiger partial charge in [-0.25, -0.2) is 0 Å². The van der Waals surface area contributed by atoms with Crippen molar-refractivity contribution in [2.75, 3.05) is 12.4 Å². The number of hydrogen-bond acceptors (Lipinski definition) is 4. The Morgan fingerprint density at radius 2 is 1.60 bits per heavy atom. The fourth-order valence-corrected chi connectivity index (χ4v) is 2.96. The van der Waals surface area contributed by atoms with E-state index in [-0.39, 0.29) is 23.6 Å². The standard InChI is InChI=1S/C23H37N3O4/c1-6-7-8-9-10-20(27)26-21(16(2)3)23(29)24-17(4)22(28)25-19-13-11-18(12-14-19)15-30-5/h11-14,16-17,21H,6-10,15H2,1-5H3,(H,24,29)(H,25,28)(H,26,27)/t17-,21-/m0/s1. The van der Waals surface area contributed by atoms with Crippen LogP contribution in [0.15, 0.2) is 24.3 Å². The molecule has 0 radical (unpaired) electrons. The van der Waals surface area contributed by atoms with Crippen molar-refractivity contribution in [2.45, 2.75) is 78.5 Å². The fraction of sp³-hybridized carbons (Fsp3) is 0.609. The Morgan fingerprint density at radius 3 is 2.17 bits per heavy atom. The minimum Gasteiger partial charge on any atom is -0.380 e. The number of amides is 3. The summed E-state index contributed by atoms with van der Waals surface area (Å²) in [5.41, 5.74) is 1.64. The van der Waals surface area contributed by atoms with Crippen LogP contribution in [0.4, 0.5) is 5.69 Å². The van der Waals surface area contributed by atoms with Crippen LogP contribution in [-0.2, 0) is 25.7 Å². The number of rotatable bonds is 13. The molecule has 0 aromatic heterocycles. The first-order valence-corrected chi connectivity index (χ1v) is 10.8. The Labute approximate surface area is 180 Å². The number of methoxy groups -OCH3 is 1. The van der Waals surface area contributed by atoms with Gasteiger partial charge >= 0.3 is 0 Å². The molecule has 0 fully saturated rings. The van der Waals surface area contributed by atoms with Gasteiger partial charge in [0.15, 0.2) is 0 Å². The average molecular weight is 420 g/mol. The van der Waals surface area contributed by atoms with Crippen molar-refractivity contribution in [1.82, 2.24) is 10.6 Å². The van der Waals surface area contributed by atoms with E-state index in [2.05, 4.69) is 22.9 Å². The predicted octanol–water partition coefficient (Wildman–Crippen LogP) is 3.39. The zero-order valence-electron chi connectivity index (χ0n) is 18.9. The lowest BCUT2D eigenvalue weighted by Crippen LogP contribution is -2.53. The van der Waals surface area contributed by atoms with Gasteiger partial charge in [0.25, 0.3) is 0 Å². The molecule has 2 atom stereocenters. The molecule has 30 heavy (non-hydrogen) atoms. The summed E-state index contributed by atoms with van der Waals surface area (Å²) < 4.78 is 5.07. The molecule has 1 aromatic carbocycles. The van der Waals surface area contributed by atoms with Crippen LogP contribution in [0.25, 0.3) is 0 Å². The first-order chi connectivity index (χ1) is 14.3. The van der Waals surface area contributed by atoms with Gasteiger partial charge in [-0.3, -0.25) is 14.4 Å². The highest BCUT2D eigenvalue weighted by Crippen LogP contribution is 2.11. The van der Waals surface area contributed by atoms with E-state index < -0.39 is 12.1 Å². The molecular formula is C23H37N3O4.